The number of nitrogens with two attached hydrogens (primary N) is 1. The van der Waals surface area contributed by atoms with E-state index in [0.29, 0.717) is 11.4 Å². The van der Waals surface area contributed by atoms with Crippen molar-refractivity contribution in [2.75, 3.05) is 18.0 Å². The Morgan fingerprint density at radius 2 is 2.38 bits per heavy atom. The molecule has 0 bridgehead atoms. The third kappa shape index (κ3) is 3.39. The fourth-order valence-electron chi connectivity index (χ4n) is 2.54. The topological polar surface area (TPSA) is 59.2 Å². The average Bonchev–Trinajstić information content (AvgIpc) is 3.16. The molecule has 1 saturated heterocycles. The minimum atomic E-state index is 0.189. The molecule has 2 aromatic rings. The molecular formula is C15H17N3OS2. The van der Waals surface area contributed by atoms with Gasteiger partial charge in [-0.3, -0.25) is 4.79 Å². The summed E-state index contributed by atoms with van der Waals surface area (Å²) >= 11 is 3.20. The largest absolute Gasteiger partial charge is 0.397 e. The number of nitrogen functional groups attached to an aromatic ring is 1. The van der Waals surface area contributed by atoms with E-state index in [4.69, 9.17) is 5.73 Å². The molecule has 1 fully saturated rings. The van der Waals surface area contributed by atoms with Crippen molar-refractivity contribution in [2.45, 2.75) is 23.9 Å². The van der Waals surface area contributed by atoms with Crippen LogP contribution in [0.5, 0.6) is 0 Å². The van der Waals surface area contributed by atoms with Crippen molar-refractivity contribution >= 4 is 34.7 Å². The highest BCUT2D eigenvalue weighted by Crippen LogP contribution is 2.35. The molecule has 6 heteroatoms. The number of nitrogens with zero attached hydrogens (tertiary/aromatic N) is 2. The maximum Gasteiger partial charge on any atom is 0.233 e. The average molecular weight is 319 g/mol. The number of thiophene rings is 1. The summed E-state index contributed by atoms with van der Waals surface area (Å²) in [7, 11) is 0. The Kier molecular flexibility index (Phi) is 4.45. The standard InChI is InChI=1S/C15H17N3OS2/c16-11-5-6-14(17-9-11)21-10-15(19)18-7-1-3-12(18)13-4-2-8-20-13/h2,4-6,8-9,12H,1,3,7,10,16H2. The maximum atomic E-state index is 12.4. The van der Waals surface area contributed by atoms with Gasteiger partial charge in [-0.15, -0.1) is 11.3 Å². The number of hydrogen-bond acceptors (Lipinski definition) is 5. The summed E-state index contributed by atoms with van der Waals surface area (Å²) in [6.45, 7) is 0.858. The van der Waals surface area contributed by atoms with Gasteiger partial charge in [0.1, 0.15) is 0 Å². The molecule has 0 aliphatic carbocycles. The van der Waals surface area contributed by atoms with Crippen molar-refractivity contribution in [1.82, 2.24) is 9.88 Å². The lowest BCUT2D eigenvalue weighted by Gasteiger charge is -2.23. The Morgan fingerprint density at radius 3 is 3.10 bits per heavy atom. The van der Waals surface area contributed by atoms with E-state index in [0.717, 1.165) is 24.4 Å². The van der Waals surface area contributed by atoms with Crippen LogP contribution in [0.3, 0.4) is 0 Å². The Hall–Kier alpha value is -1.53. The number of anilines is 1. The summed E-state index contributed by atoms with van der Waals surface area (Å²) in [4.78, 5) is 20.0. The van der Waals surface area contributed by atoms with E-state index in [1.165, 1.54) is 16.6 Å². The Labute approximate surface area is 132 Å². The first-order valence-corrected chi connectivity index (χ1v) is 8.78. The van der Waals surface area contributed by atoms with Gasteiger partial charge in [0.25, 0.3) is 0 Å². The van der Waals surface area contributed by atoms with Crippen molar-refractivity contribution in [2.24, 2.45) is 0 Å². The first-order valence-electron chi connectivity index (χ1n) is 6.91. The molecule has 2 aromatic heterocycles. The molecule has 0 saturated carbocycles. The van der Waals surface area contributed by atoms with Gasteiger partial charge in [-0.25, -0.2) is 4.98 Å². The van der Waals surface area contributed by atoms with Gasteiger partial charge in [0.05, 0.1) is 28.7 Å². The summed E-state index contributed by atoms with van der Waals surface area (Å²) in [5, 5.41) is 2.91. The van der Waals surface area contributed by atoms with Crippen LogP contribution in [0, 0.1) is 0 Å². The number of carbonyl (C=O) groups excluding carboxylic acids is 1. The van der Waals surface area contributed by atoms with Crippen LogP contribution in [-0.2, 0) is 4.79 Å². The van der Waals surface area contributed by atoms with Crippen molar-refractivity contribution in [3.63, 3.8) is 0 Å². The van der Waals surface area contributed by atoms with Crippen LogP contribution in [0.2, 0.25) is 0 Å². The van der Waals surface area contributed by atoms with Crippen LogP contribution in [0.15, 0.2) is 40.9 Å². The highest BCUT2D eigenvalue weighted by molar-refractivity contribution is 7.99. The monoisotopic (exact) mass is 319 g/mol. The Morgan fingerprint density at radius 1 is 1.48 bits per heavy atom. The van der Waals surface area contributed by atoms with Crippen LogP contribution in [-0.4, -0.2) is 28.1 Å². The summed E-state index contributed by atoms with van der Waals surface area (Å²) < 4.78 is 0. The third-order valence-corrected chi connectivity index (χ3v) is 5.45. The molecule has 0 spiro atoms. The molecule has 3 rings (SSSR count). The highest BCUT2D eigenvalue weighted by Gasteiger charge is 2.30. The van der Waals surface area contributed by atoms with E-state index >= 15 is 0 Å². The first-order chi connectivity index (χ1) is 10.2. The zero-order valence-electron chi connectivity index (χ0n) is 11.6. The molecule has 21 heavy (non-hydrogen) atoms. The number of likely N-dealkylation sites (tertiary alicyclic amines) is 1. The van der Waals surface area contributed by atoms with Gasteiger partial charge >= 0.3 is 0 Å². The zero-order chi connectivity index (χ0) is 14.7. The second-order valence-electron chi connectivity index (χ2n) is 4.98. The van der Waals surface area contributed by atoms with Gasteiger partial charge in [-0.1, -0.05) is 17.8 Å². The van der Waals surface area contributed by atoms with Crippen molar-refractivity contribution < 1.29 is 4.79 Å². The quantitative estimate of drug-likeness (QED) is 0.879. The van der Waals surface area contributed by atoms with Crippen LogP contribution in [0.4, 0.5) is 5.69 Å². The van der Waals surface area contributed by atoms with E-state index in [9.17, 15) is 4.79 Å². The number of rotatable bonds is 4. The van der Waals surface area contributed by atoms with E-state index < -0.39 is 0 Å². The lowest BCUT2D eigenvalue weighted by molar-refractivity contribution is -0.129. The lowest BCUT2D eigenvalue weighted by Crippen LogP contribution is -2.31. The molecule has 0 aromatic carbocycles. The number of carbonyl (C=O) groups is 1. The maximum absolute atomic E-state index is 12.4. The van der Waals surface area contributed by atoms with Crippen molar-refractivity contribution in [3.8, 4) is 0 Å². The number of thioether (sulfide) groups is 1. The summed E-state index contributed by atoms with van der Waals surface area (Å²) in [5.74, 6) is 0.619. The van der Waals surface area contributed by atoms with Gasteiger partial charge in [-0.2, -0.15) is 0 Å². The van der Waals surface area contributed by atoms with Crippen LogP contribution in [0.25, 0.3) is 0 Å². The molecule has 1 unspecified atom stereocenters. The molecule has 4 nitrogen and oxygen atoms in total. The number of amides is 1. The second-order valence-corrected chi connectivity index (χ2v) is 6.95. The third-order valence-electron chi connectivity index (χ3n) is 3.55. The zero-order valence-corrected chi connectivity index (χ0v) is 13.2. The normalized spacial score (nSPS) is 18.1. The molecule has 1 aliphatic heterocycles. The van der Waals surface area contributed by atoms with Gasteiger partial charge in [0.15, 0.2) is 0 Å². The first kappa shape index (κ1) is 14.4. The molecule has 1 aliphatic rings. The minimum Gasteiger partial charge on any atom is -0.397 e. The lowest BCUT2D eigenvalue weighted by atomic mass is 10.2. The summed E-state index contributed by atoms with van der Waals surface area (Å²) in [5.41, 5.74) is 6.25. The van der Waals surface area contributed by atoms with E-state index in [1.54, 1.807) is 17.5 Å². The van der Waals surface area contributed by atoms with Crippen LogP contribution < -0.4 is 5.73 Å². The highest BCUT2D eigenvalue weighted by atomic mass is 32.2. The molecule has 110 valence electrons. The van der Waals surface area contributed by atoms with Crippen molar-refractivity contribution in [1.29, 1.82) is 0 Å². The summed E-state index contributed by atoms with van der Waals surface area (Å²) in [6, 6.07) is 8.10. The van der Waals surface area contributed by atoms with Gasteiger partial charge in [-0.05, 0) is 36.4 Å². The van der Waals surface area contributed by atoms with E-state index in [2.05, 4.69) is 16.4 Å². The molecule has 0 radical (unpaired) electrons. The smallest absolute Gasteiger partial charge is 0.233 e. The van der Waals surface area contributed by atoms with E-state index in [1.807, 2.05) is 23.1 Å². The molecule has 3 heterocycles. The predicted octanol–water partition coefficient (Wildman–Crippen LogP) is 3.18. The Bertz CT molecular complexity index is 598. The van der Waals surface area contributed by atoms with Crippen LogP contribution >= 0.6 is 23.1 Å². The van der Waals surface area contributed by atoms with Gasteiger partial charge < -0.3 is 10.6 Å². The predicted molar refractivity (Wildman–Crippen MR) is 87.4 cm³/mol. The fourth-order valence-corrected chi connectivity index (χ4v) is 4.14. The van der Waals surface area contributed by atoms with Gasteiger partial charge in [0, 0.05) is 11.4 Å². The molecule has 1 atom stereocenters. The SMILES string of the molecule is Nc1ccc(SCC(=O)N2CCCC2c2cccs2)nc1. The fraction of sp³-hybridized carbons (Fsp3) is 0.333. The second kappa shape index (κ2) is 6.49. The number of aromatic nitrogens is 1. The molecule has 1 amide bonds. The number of pyridine rings is 1. The molecular weight excluding hydrogens is 302 g/mol. The van der Waals surface area contributed by atoms with Crippen molar-refractivity contribution in [3.05, 3.63) is 40.7 Å². The summed E-state index contributed by atoms with van der Waals surface area (Å²) in [6.07, 6.45) is 3.77. The minimum absolute atomic E-state index is 0.189. The van der Waals surface area contributed by atoms with Gasteiger partial charge in [0.2, 0.25) is 5.91 Å². The molecule has 2 N–H and O–H groups in total. The van der Waals surface area contributed by atoms with E-state index in [-0.39, 0.29) is 11.9 Å². The van der Waals surface area contributed by atoms with Crippen LogP contribution in [0.1, 0.15) is 23.8 Å². The number of hydrogen-bond donors (Lipinski definition) is 1. The Balaban J connectivity index is 1.61.